The Morgan fingerprint density at radius 2 is 1.70 bits per heavy atom. The summed E-state index contributed by atoms with van der Waals surface area (Å²) in [7, 11) is 1.96. The van der Waals surface area contributed by atoms with Crippen LogP contribution in [0.5, 0.6) is 0 Å². The smallest absolute Gasteiger partial charge is 0.326 e. The van der Waals surface area contributed by atoms with Crippen LogP contribution in [-0.4, -0.2) is 20.3 Å². The maximum Gasteiger partial charge on any atom is 0.416 e. The number of aromatic nitrogens is 3. The summed E-state index contributed by atoms with van der Waals surface area (Å²) >= 11 is 1.69. The fourth-order valence-electron chi connectivity index (χ4n) is 3.44. The Balaban J connectivity index is 1.79. The summed E-state index contributed by atoms with van der Waals surface area (Å²) in [5.41, 5.74) is 4.72. The van der Waals surface area contributed by atoms with E-state index in [1.165, 1.54) is 12.1 Å². The second kappa shape index (κ2) is 7.80. The van der Waals surface area contributed by atoms with E-state index in [-0.39, 0.29) is 0 Å². The van der Waals surface area contributed by atoms with Crippen molar-refractivity contribution in [1.29, 1.82) is 0 Å². The van der Waals surface area contributed by atoms with Gasteiger partial charge < -0.3 is 4.57 Å². The molecule has 2 aromatic carbocycles. The highest BCUT2D eigenvalue weighted by molar-refractivity contribution is 7.99. The molecular formula is C23H20F3N3S. The largest absolute Gasteiger partial charge is 0.416 e. The highest BCUT2D eigenvalue weighted by Gasteiger charge is 2.30. The molecule has 0 amide bonds. The fourth-order valence-corrected chi connectivity index (χ4v) is 4.28. The summed E-state index contributed by atoms with van der Waals surface area (Å²) in [5.74, 6) is 1.71. The fraction of sp³-hybridized carbons (Fsp3) is 0.217. The van der Waals surface area contributed by atoms with Crippen LogP contribution in [0.3, 0.4) is 0 Å². The van der Waals surface area contributed by atoms with Crippen molar-refractivity contribution >= 4 is 22.8 Å². The van der Waals surface area contributed by atoms with Crippen molar-refractivity contribution in [3.05, 3.63) is 66.0 Å². The van der Waals surface area contributed by atoms with Crippen molar-refractivity contribution in [3.8, 4) is 22.5 Å². The van der Waals surface area contributed by atoms with Gasteiger partial charge in [-0.2, -0.15) is 13.2 Å². The van der Waals surface area contributed by atoms with Crippen molar-refractivity contribution < 1.29 is 13.2 Å². The quantitative estimate of drug-likeness (QED) is 0.338. The molecular weight excluding hydrogens is 407 g/mol. The molecule has 0 saturated heterocycles. The molecule has 0 fully saturated rings. The molecule has 0 N–H and O–H groups in total. The average Bonchev–Trinajstić information content (AvgIpc) is 3.03. The molecule has 2 aromatic heterocycles. The van der Waals surface area contributed by atoms with Gasteiger partial charge in [0.15, 0.2) is 0 Å². The third-order valence-corrected chi connectivity index (χ3v) is 5.91. The van der Waals surface area contributed by atoms with E-state index in [1.807, 2.05) is 49.0 Å². The monoisotopic (exact) mass is 427 g/mol. The van der Waals surface area contributed by atoms with Crippen LogP contribution in [0.2, 0.25) is 0 Å². The number of imidazole rings is 1. The van der Waals surface area contributed by atoms with E-state index in [2.05, 4.69) is 11.9 Å². The Labute approximate surface area is 177 Å². The number of rotatable bonds is 4. The second-order valence-corrected chi connectivity index (χ2v) is 8.33. The predicted octanol–water partition coefficient (Wildman–Crippen LogP) is 6.74. The van der Waals surface area contributed by atoms with Gasteiger partial charge in [0.25, 0.3) is 0 Å². The number of hydrogen-bond acceptors (Lipinski definition) is 3. The zero-order chi connectivity index (χ0) is 21.5. The number of fused-ring (bicyclic) bond motifs is 1. The number of halogens is 3. The summed E-state index contributed by atoms with van der Waals surface area (Å²) in [5, 5.41) is 0. The van der Waals surface area contributed by atoms with E-state index in [0.717, 1.165) is 62.0 Å². The van der Waals surface area contributed by atoms with Crippen LogP contribution in [0.4, 0.5) is 13.2 Å². The van der Waals surface area contributed by atoms with E-state index >= 15 is 0 Å². The highest BCUT2D eigenvalue weighted by Crippen LogP contribution is 2.37. The zero-order valence-electron chi connectivity index (χ0n) is 16.8. The maximum absolute atomic E-state index is 12.9. The minimum atomic E-state index is -4.33. The molecule has 0 unspecified atom stereocenters. The van der Waals surface area contributed by atoms with E-state index in [1.54, 1.807) is 11.8 Å². The van der Waals surface area contributed by atoms with Gasteiger partial charge in [0.2, 0.25) is 0 Å². The minimum absolute atomic E-state index is 0.644. The number of hydrogen-bond donors (Lipinski definition) is 0. The molecule has 0 radical (unpaired) electrons. The van der Waals surface area contributed by atoms with E-state index in [9.17, 15) is 13.2 Å². The minimum Gasteiger partial charge on any atom is -0.326 e. The number of benzene rings is 2. The predicted molar refractivity (Wildman–Crippen MR) is 116 cm³/mol. The molecule has 2 heterocycles. The first-order valence-electron chi connectivity index (χ1n) is 9.52. The van der Waals surface area contributed by atoms with Gasteiger partial charge in [-0.3, -0.25) is 4.98 Å². The molecule has 0 atom stereocenters. The van der Waals surface area contributed by atoms with Gasteiger partial charge in [0.1, 0.15) is 5.82 Å². The topological polar surface area (TPSA) is 30.7 Å². The molecule has 7 heteroatoms. The summed E-state index contributed by atoms with van der Waals surface area (Å²) < 4.78 is 40.6. The first-order chi connectivity index (χ1) is 14.3. The Kier molecular flexibility index (Phi) is 5.32. The third kappa shape index (κ3) is 3.81. The number of aryl methyl sites for hydroxylation is 2. The average molecular weight is 427 g/mol. The standard InChI is InChI=1S/C23H20F3N3S/c1-4-30-21-12-16(15-5-8-17(9-6-15)23(24,25)26)7-10-18(21)22-28-19-11-14(2)27-13-20(19)29(22)3/h5-13H,4H2,1-3H3. The van der Waals surface area contributed by atoms with Crippen molar-refractivity contribution in [1.82, 2.24) is 14.5 Å². The van der Waals surface area contributed by atoms with Gasteiger partial charge >= 0.3 is 6.18 Å². The molecule has 4 aromatic rings. The van der Waals surface area contributed by atoms with Crippen molar-refractivity contribution in [2.45, 2.75) is 24.9 Å². The Hall–Kier alpha value is -2.80. The first kappa shape index (κ1) is 20.5. The summed E-state index contributed by atoms with van der Waals surface area (Å²) in [6.45, 7) is 4.01. The van der Waals surface area contributed by atoms with E-state index < -0.39 is 11.7 Å². The molecule has 0 saturated carbocycles. The lowest BCUT2D eigenvalue weighted by Crippen LogP contribution is -2.04. The van der Waals surface area contributed by atoms with Crippen LogP contribution in [-0.2, 0) is 13.2 Å². The lowest BCUT2D eigenvalue weighted by atomic mass is 10.0. The zero-order valence-corrected chi connectivity index (χ0v) is 17.6. The molecule has 0 aliphatic rings. The van der Waals surface area contributed by atoms with Gasteiger partial charge in [-0.1, -0.05) is 25.1 Å². The molecule has 0 spiro atoms. The second-order valence-electron chi connectivity index (χ2n) is 7.03. The molecule has 30 heavy (non-hydrogen) atoms. The number of alkyl halides is 3. The van der Waals surface area contributed by atoms with Crippen LogP contribution >= 0.6 is 11.8 Å². The van der Waals surface area contributed by atoms with Crippen LogP contribution in [0, 0.1) is 6.92 Å². The summed E-state index contributed by atoms with van der Waals surface area (Å²) in [6, 6.07) is 13.2. The molecule has 0 aliphatic heterocycles. The maximum atomic E-state index is 12.9. The Bertz CT molecular complexity index is 1210. The van der Waals surface area contributed by atoms with Crippen molar-refractivity contribution in [3.63, 3.8) is 0 Å². The molecule has 0 aliphatic carbocycles. The lowest BCUT2D eigenvalue weighted by Gasteiger charge is -2.12. The van der Waals surface area contributed by atoms with E-state index in [0.29, 0.717) is 0 Å². The van der Waals surface area contributed by atoms with Crippen LogP contribution in [0.1, 0.15) is 18.2 Å². The molecule has 0 bridgehead atoms. The normalized spacial score (nSPS) is 11.9. The Morgan fingerprint density at radius 3 is 2.37 bits per heavy atom. The van der Waals surface area contributed by atoms with Crippen LogP contribution in [0.25, 0.3) is 33.5 Å². The van der Waals surface area contributed by atoms with Crippen molar-refractivity contribution in [2.24, 2.45) is 7.05 Å². The van der Waals surface area contributed by atoms with Crippen LogP contribution in [0.15, 0.2) is 59.6 Å². The lowest BCUT2D eigenvalue weighted by molar-refractivity contribution is -0.137. The van der Waals surface area contributed by atoms with Gasteiger partial charge in [-0.15, -0.1) is 11.8 Å². The third-order valence-electron chi connectivity index (χ3n) is 4.97. The molecule has 4 rings (SSSR count). The first-order valence-corrected chi connectivity index (χ1v) is 10.5. The van der Waals surface area contributed by atoms with E-state index in [4.69, 9.17) is 4.98 Å². The van der Waals surface area contributed by atoms with Gasteiger partial charge in [0.05, 0.1) is 22.8 Å². The van der Waals surface area contributed by atoms with Gasteiger partial charge in [-0.25, -0.2) is 4.98 Å². The molecule has 154 valence electrons. The number of nitrogens with zero attached hydrogens (tertiary/aromatic N) is 3. The molecule has 3 nitrogen and oxygen atoms in total. The Morgan fingerprint density at radius 1 is 1.00 bits per heavy atom. The van der Waals surface area contributed by atoms with Crippen LogP contribution < -0.4 is 0 Å². The highest BCUT2D eigenvalue weighted by atomic mass is 32.2. The summed E-state index contributed by atoms with van der Waals surface area (Å²) in [6.07, 6.45) is -2.51. The van der Waals surface area contributed by atoms with Gasteiger partial charge in [0, 0.05) is 23.2 Å². The van der Waals surface area contributed by atoms with Crippen molar-refractivity contribution in [2.75, 3.05) is 5.75 Å². The summed E-state index contributed by atoms with van der Waals surface area (Å²) in [4.78, 5) is 10.2. The van der Waals surface area contributed by atoms with Gasteiger partial charge in [-0.05, 0) is 54.1 Å². The SMILES string of the molecule is CCSc1cc(-c2ccc(C(F)(F)F)cc2)ccc1-c1nc2cc(C)ncc2n1C. The number of thioether (sulfide) groups is 1. The number of pyridine rings is 1.